The Kier molecular flexibility index (Phi) is 37.0. The number of esters is 2. The van der Waals surface area contributed by atoms with Crippen LogP contribution in [0.5, 0.6) is 0 Å². The predicted octanol–water partition coefficient (Wildman–Crippen LogP) is 12.3. The molecule has 1 atom stereocenters. The summed E-state index contributed by atoms with van der Waals surface area (Å²) in [7, 11) is 2.04. The lowest BCUT2D eigenvalue weighted by atomic mass is 9.94. The van der Waals surface area contributed by atoms with Crippen LogP contribution in [0.4, 0.5) is 0 Å². The lowest BCUT2D eigenvalue weighted by Crippen LogP contribution is -2.39. The Labute approximate surface area is 329 Å². The highest BCUT2D eigenvalue weighted by atomic mass is 16.5. The normalized spacial score (nSPS) is 12.2. The van der Waals surface area contributed by atoms with Crippen molar-refractivity contribution in [2.45, 2.75) is 208 Å². The zero-order valence-electron chi connectivity index (χ0n) is 36.1. The van der Waals surface area contributed by atoms with Crippen LogP contribution in [0.1, 0.15) is 208 Å². The summed E-state index contributed by atoms with van der Waals surface area (Å²) in [4.78, 5) is 42.9. The molecule has 0 bridgehead atoms. The Bertz CT molecular complexity index is 876. The van der Waals surface area contributed by atoms with Crippen molar-refractivity contribution in [3.05, 3.63) is 12.2 Å². The molecule has 0 N–H and O–H groups in total. The molecule has 7 heteroatoms. The third kappa shape index (κ3) is 34.3. The first-order valence-corrected chi connectivity index (χ1v) is 22.7. The molecule has 0 fully saturated rings. The van der Waals surface area contributed by atoms with Crippen LogP contribution < -0.4 is 0 Å². The van der Waals surface area contributed by atoms with Gasteiger partial charge < -0.3 is 19.3 Å². The van der Waals surface area contributed by atoms with Crippen molar-refractivity contribution in [2.75, 3.05) is 46.4 Å². The van der Waals surface area contributed by atoms with Gasteiger partial charge in [0.15, 0.2) is 0 Å². The van der Waals surface area contributed by atoms with Gasteiger partial charge in [0.1, 0.15) is 13.2 Å². The molecule has 0 aromatic rings. The van der Waals surface area contributed by atoms with Crippen molar-refractivity contribution in [1.29, 1.82) is 0 Å². The lowest BCUT2D eigenvalue weighted by molar-refractivity contribution is -0.151. The van der Waals surface area contributed by atoms with Crippen molar-refractivity contribution >= 4 is 17.8 Å². The first-order chi connectivity index (χ1) is 25.7. The number of amides is 1. The van der Waals surface area contributed by atoms with Crippen molar-refractivity contribution < 1.29 is 23.9 Å². The predicted molar refractivity (Wildman–Crippen MR) is 225 cm³/mol. The van der Waals surface area contributed by atoms with Gasteiger partial charge in [-0.1, -0.05) is 162 Å². The number of ether oxygens (including phenoxy) is 2. The third-order valence-corrected chi connectivity index (χ3v) is 10.3. The number of carbonyl (C=O) groups excluding carboxylic acids is 3. The maximum Gasteiger partial charge on any atom is 0.308 e. The first-order valence-electron chi connectivity index (χ1n) is 22.7. The second-order valence-electron chi connectivity index (χ2n) is 16.1. The summed E-state index contributed by atoms with van der Waals surface area (Å²) >= 11 is 0. The maximum absolute atomic E-state index is 13.3. The number of carbonyl (C=O) groups is 3. The summed E-state index contributed by atoms with van der Waals surface area (Å²) in [5, 5.41) is 0. The Morgan fingerprint density at radius 1 is 0.547 bits per heavy atom. The van der Waals surface area contributed by atoms with Gasteiger partial charge in [-0.05, 0) is 57.9 Å². The lowest BCUT2D eigenvalue weighted by Gasteiger charge is -2.25. The van der Waals surface area contributed by atoms with Crippen molar-refractivity contribution in [2.24, 2.45) is 11.8 Å². The molecule has 0 aliphatic carbocycles. The van der Waals surface area contributed by atoms with E-state index in [9.17, 15) is 14.4 Å². The average Bonchev–Trinajstić information content (AvgIpc) is 3.13. The van der Waals surface area contributed by atoms with E-state index in [0.717, 1.165) is 64.3 Å². The van der Waals surface area contributed by atoms with E-state index in [2.05, 4.69) is 51.7 Å². The van der Waals surface area contributed by atoms with E-state index in [1.54, 1.807) is 4.90 Å². The van der Waals surface area contributed by atoms with Gasteiger partial charge in [0.05, 0.1) is 19.0 Å². The summed E-state index contributed by atoms with van der Waals surface area (Å²) in [6, 6.07) is 0. The molecule has 0 spiro atoms. The highest BCUT2D eigenvalue weighted by molar-refractivity contribution is 5.76. The van der Waals surface area contributed by atoms with Gasteiger partial charge >= 0.3 is 11.9 Å². The molecule has 0 heterocycles. The highest BCUT2D eigenvalue weighted by Crippen LogP contribution is 2.21. The minimum Gasteiger partial charge on any atom is -0.464 e. The maximum atomic E-state index is 13.3. The monoisotopic (exact) mass is 749 g/mol. The molecule has 0 aromatic carbocycles. The number of hydrogen-bond acceptors (Lipinski definition) is 6. The number of allylic oxidation sites excluding steroid dienone is 2. The molecule has 0 rings (SSSR count). The molecule has 7 nitrogen and oxygen atoms in total. The van der Waals surface area contributed by atoms with E-state index in [-0.39, 0.29) is 37.0 Å². The molecule has 0 saturated heterocycles. The van der Waals surface area contributed by atoms with Crippen molar-refractivity contribution in [1.82, 2.24) is 9.80 Å². The van der Waals surface area contributed by atoms with Crippen LogP contribution in [-0.4, -0.2) is 74.1 Å². The van der Waals surface area contributed by atoms with Crippen molar-refractivity contribution in [3.63, 3.8) is 0 Å². The third-order valence-electron chi connectivity index (χ3n) is 10.3. The fourth-order valence-electron chi connectivity index (χ4n) is 6.95. The molecule has 53 heavy (non-hydrogen) atoms. The number of rotatable bonds is 39. The molecule has 0 aromatic heterocycles. The molecule has 0 saturated carbocycles. The largest absolute Gasteiger partial charge is 0.464 e. The highest BCUT2D eigenvalue weighted by Gasteiger charge is 2.21. The quantitative estimate of drug-likeness (QED) is 0.0354. The molecule has 0 aliphatic rings. The van der Waals surface area contributed by atoms with Crippen molar-refractivity contribution in [3.8, 4) is 0 Å². The Hall–Kier alpha value is -1.89. The van der Waals surface area contributed by atoms with E-state index in [4.69, 9.17) is 9.47 Å². The summed E-state index contributed by atoms with van der Waals surface area (Å²) in [6.45, 7) is 13.6. The topological polar surface area (TPSA) is 76.1 Å². The minimum absolute atomic E-state index is 0.00755. The van der Waals surface area contributed by atoms with Crippen LogP contribution in [-0.2, 0) is 23.9 Å². The zero-order chi connectivity index (χ0) is 39.2. The average molecular weight is 749 g/mol. The molecule has 1 unspecified atom stereocenters. The summed E-state index contributed by atoms with van der Waals surface area (Å²) in [6.07, 6.45) is 35.0. The van der Waals surface area contributed by atoms with Crippen LogP contribution in [0.25, 0.3) is 0 Å². The van der Waals surface area contributed by atoms with E-state index >= 15 is 0 Å². The Balaban J connectivity index is 4.65. The number of nitrogens with zero attached hydrogens (tertiary/aromatic N) is 2. The van der Waals surface area contributed by atoms with Crippen LogP contribution in [0, 0.1) is 11.8 Å². The second-order valence-corrected chi connectivity index (χ2v) is 16.1. The Morgan fingerprint density at radius 3 is 1.53 bits per heavy atom. The van der Waals surface area contributed by atoms with Gasteiger partial charge in [-0.3, -0.25) is 14.4 Å². The molecule has 0 radical (unpaired) electrons. The van der Waals surface area contributed by atoms with E-state index < -0.39 is 0 Å². The van der Waals surface area contributed by atoms with Crippen LogP contribution >= 0.6 is 0 Å². The molecular weight excluding hydrogens is 661 g/mol. The summed E-state index contributed by atoms with van der Waals surface area (Å²) in [5.74, 6) is 0.153. The van der Waals surface area contributed by atoms with Crippen LogP contribution in [0.3, 0.4) is 0 Å². The fraction of sp³-hybridized carbons (Fsp3) is 0.891. The summed E-state index contributed by atoms with van der Waals surface area (Å²) in [5.41, 5.74) is 0. The minimum atomic E-state index is -0.196. The van der Waals surface area contributed by atoms with Gasteiger partial charge in [0, 0.05) is 25.9 Å². The van der Waals surface area contributed by atoms with Crippen LogP contribution in [0.2, 0.25) is 0 Å². The Morgan fingerprint density at radius 2 is 1.00 bits per heavy atom. The smallest absolute Gasteiger partial charge is 0.308 e. The van der Waals surface area contributed by atoms with E-state index in [0.29, 0.717) is 38.4 Å². The van der Waals surface area contributed by atoms with Gasteiger partial charge in [0.2, 0.25) is 5.91 Å². The molecule has 1 amide bonds. The SMILES string of the molecule is CCCCCCCC/C=C\CCCCCCCC(=O)OCCN(CCOC(=O)C(CCCCCC)CCCCCCCC)C(=O)CCN(C)CC(C)C. The summed E-state index contributed by atoms with van der Waals surface area (Å²) < 4.78 is 11.4. The standard InChI is InChI=1S/C46H88N2O5/c1-7-10-13-16-18-19-20-21-22-23-24-25-26-28-31-34-45(50)52-39-37-48(44(49)35-36-47(6)41-42(4)5)38-40-53-46(51)43(32-29-15-12-9-3)33-30-27-17-14-11-8-2/h21-22,42-43H,7-20,23-41H2,1-6H3/b22-21-. The van der Waals surface area contributed by atoms with E-state index in [1.165, 1.54) is 103 Å². The van der Waals surface area contributed by atoms with Crippen LogP contribution in [0.15, 0.2) is 12.2 Å². The number of hydrogen-bond donors (Lipinski definition) is 0. The molecular formula is C46H88N2O5. The fourth-order valence-corrected chi connectivity index (χ4v) is 6.95. The molecule has 312 valence electrons. The number of unbranched alkanes of at least 4 members (excludes halogenated alkanes) is 19. The second kappa shape index (κ2) is 38.4. The van der Waals surface area contributed by atoms with Gasteiger partial charge in [-0.25, -0.2) is 0 Å². The zero-order valence-corrected chi connectivity index (χ0v) is 36.1. The van der Waals surface area contributed by atoms with Gasteiger partial charge in [0.25, 0.3) is 0 Å². The van der Waals surface area contributed by atoms with Gasteiger partial charge in [-0.15, -0.1) is 0 Å². The first kappa shape index (κ1) is 51.1. The molecule has 0 aliphatic heterocycles. The van der Waals surface area contributed by atoms with Gasteiger partial charge in [-0.2, -0.15) is 0 Å². The van der Waals surface area contributed by atoms with E-state index in [1.807, 2.05) is 7.05 Å².